The van der Waals surface area contributed by atoms with Gasteiger partial charge in [-0.1, -0.05) is 30.3 Å². The van der Waals surface area contributed by atoms with Crippen molar-refractivity contribution in [2.24, 2.45) is 0 Å². The van der Waals surface area contributed by atoms with E-state index in [-0.39, 0.29) is 6.03 Å². The lowest BCUT2D eigenvalue weighted by atomic mass is 10.0. The van der Waals surface area contributed by atoms with Crippen LogP contribution < -0.4 is 5.32 Å². The summed E-state index contributed by atoms with van der Waals surface area (Å²) in [5.74, 6) is 0.634. The molecule has 0 radical (unpaired) electrons. The second-order valence-corrected chi connectivity index (χ2v) is 5.69. The number of hydrogen-bond acceptors (Lipinski definition) is 4. The number of rotatable bonds is 3. The number of nitrogens with zero attached hydrogens (tertiary/aromatic N) is 3. The molecule has 0 fully saturated rings. The zero-order chi connectivity index (χ0) is 16.4. The van der Waals surface area contributed by atoms with Crippen molar-refractivity contribution in [1.29, 1.82) is 0 Å². The fourth-order valence-electron chi connectivity index (χ4n) is 2.91. The molecule has 0 aliphatic carbocycles. The Balaban J connectivity index is 1.49. The fraction of sp³-hybridized carbons (Fsp3) is 0.235. The van der Waals surface area contributed by atoms with Gasteiger partial charge in [-0.2, -0.15) is 5.10 Å². The summed E-state index contributed by atoms with van der Waals surface area (Å²) in [4.78, 5) is 18.0. The number of nitrogens with one attached hydrogen (secondary N) is 2. The van der Waals surface area contributed by atoms with Crippen LogP contribution in [0.2, 0.25) is 0 Å². The first kappa shape index (κ1) is 14.5. The second kappa shape index (κ2) is 6.19. The molecule has 1 aliphatic heterocycles. The maximum Gasteiger partial charge on any atom is 0.318 e. The van der Waals surface area contributed by atoms with E-state index in [1.165, 1.54) is 6.39 Å². The molecule has 0 atom stereocenters. The summed E-state index contributed by atoms with van der Waals surface area (Å²) >= 11 is 0. The van der Waals surface area contributed by atoms with Gasteiger partial charge in [-0.05, 0) is 0 Å². The standard InChI is InChI=1S/C17H17N5O2/c23-17(19-9-13-8-18-11-24-13)22-7-6-15-14(10-22)16(21-20-15)12-4-2-1-3-5-12/h1-5,8,11H,6-7,9-10H2,(H,19,23)(H,20,21). The number of aromatic amines is 1. The molecule has 2 aromatic heterocycles. The molecule has 3 aromatic rings. The number of oxazole rings is 1. The Morgan fingerprint density at radius 3 is 3.00 bits per heavy atom. The quantitative estimate of drug-likeness (QED) is 0.774. The van der Waals surface area contributed by atoms with E-state index in [4.69, 9.17) is 4.42 Å². The molecule has 0 unspecified atom stereocenters. The van der Waals surface area contributed by atoms with Gasteiger partial charge in [0.05, 0.1) is 25.0 Å². The maximum absolute atomic E-state index is 12.4. The average molecular weight is 323 g/mol. The molecule has 4 rings (SSSR count). The topological polar surface area (TPSA) is 87.0 Å². The van der Waals surface area contributed by atoms with E-state index >= 15 is 0 Å². The summed E-state index contributed by atoms with van der Waals surface area (Å²) in [6.45, 7) is 1.53. The predicted molar refractivity (Wildman–Crippen MR) is 86.9 cm³/mol. The number of amides is 2. The first-order chi connectivity index (χ1) is 11.8. The molecule has 3 heterocycles. The average Bonchev–Trinajstić information content (AvgIpc) is 3.29. The summed E-state index contributed by atoms with van der Waals surface area (Å²) in [7, 11) is 0. The van der Waals surface area contributed by atoms with Gasteiger partial charge in [0.2, 0.25) is 0 Å². The van der Waals surface area contributed by atoms with Crippen LogP contribution in [0.4, 0.5) is 4.79 Å². The van der Waals surface area contributed by atoms with Gasteiger partial charge in [0.25, 0.3) is 0 Å². The van der Waals surface area contributed by atoms with Gasteiger partial charge in [0.1, 0.15) is 5.76 Å². The lowest BCUT2D eigenvalue weighted by Crippen LogP contribution is -2.42. The summed E-state index contributed by atoms with van der Waals surface area (Å²) in [6.07, 6.45) is 3.72. The Hall–Kier alpha value is -3.09. The first-order valence-corrected chi connectivity index (χ1v) is 7.83. The van der Waals surface area contributed by atoms with Gasteiger partial charge in [-0.3, -0.25) is 5.10 Å². The first-order valence-electron chi connectivity index (χ1n) is 7.83. The molecular formula is C17H17N5O2. The molecule has 1 aromatic carbocycles. The van der Waals surface area contributed by atoms with Crippen LogP contribution in [-0.2, 0) is 19.5 Å². The van der Waals surface area contributed by atoms with Crippen molar-refractivity contribution in [3.8, 4) is 11.3 Å². The molecule has 2 amide bonds. The third-order valence-electron chi connectivity index (χ3n) is 4.17. The minimum Gasteiger partial charge on any atom is -0.447 e. The predicted octanol–water partition coefficient (Wildman–Crippen LogP) is 2.33. The number of hydrogen-bond donors (Lipinski definition) is 2. The molecule has 0 bridgehead atoms. The van der Waals surface area contributed by atoms with Gasteiger partial charge >= 0.3 is 6.03 Å². The number of carbonyl (C=O) groups is 1. The smallest absolute Gasteiger partial charge is 0.318 e. The van der Waals surface area contributed by atoms with Crippen LogP contribution >= 0.6 is 0 Å². The van der Waals surface area contributed by atoms with Crippen molar-refractivity contribution in [2.75, 3.05) is 6.54 Å². The van der Waals surface area contributed by atoms with Crippen molar-refractivity contribution in [3.63, 3.8) is 0 Å². The van der Waals surface area contributed by atoms with Crippen molar-refractivity contribution >= 4 is 6.03 Å². The van der Waals surface area contributed by atoms with Crippen LogP contribution in [0.25, 0.3) is 11.3 Å². The van der Waals surface area contributed by atoms with Gasteiger partial charge in [-0.15, -0.1) is 0 Å². The Kier molecular flexibility index (Phi) is 3.74. The lowest BCUT2D eigenvalue weighted by Gasteiger charge is -2.27. The Morgan fingerprint density at radius 1 is 1.33 bits per heavy atom. The van der Waals surface area contributed by atoms with Crippen molar-refractivity contribution in [3.05, 3.63) is 59.9 Å². The molecule has 1 aliphatic rings. The minimum atomic E-state index is -0.114. The zero-order valence-corrected chi connectivity index (χ0v) is 13.0. The Morgan fingerprint density at radius 2 is 2.21 bits per heavy atom. The van der Waals surface area contributed by atoms with E-state index in [2.05, 4.69) is 20.5 Å². The van der Waals surface area contributed by atoms with Crippen molar-refractivity contribution < 1.29 is 9.21 Å². The van der Waals surface area contributed by atoms with Crippen LogP contribution in [0.15, 0.2) is 47.3 Å². The van der Waals surface area contributed by atoms with Gasteiger partial charge < -0.3 is 14.6 Å². The SMILES string of the molecule is O=C(NCc1cnco1)N1CCc2[nH]nc(-c3ccccc3)c2C1. The largest absolute Gasteiger partial charge is 0.447 e. The van der Waals surface area contributed by atoms with Crippen molar-refractivity contribution in [2.45, 2.75) is 19.5 Å². The molecular weight excluding hydrogens is 306 g/mol. The lowest BCUT2D eigenvalue weighted by molar-refractivity contribution is 0.191. The maximum atomic E-state index is 12.4. The third-order valence-corrected chi connectivity index (χ3v) is 4.17. The highest BCUT2D eigenvalue weighted by Crippen LogP contribution is 2.28. The number of carbonyl (C=O) groups excluding carboxylic acids is 1. The van der Waals surface area contributed by atoms with E-state index in [0.29, 0.717) is 25.4 Å². The summed E-state index contributed by atoms with van der Waals surface area (Å²) in [5, 5.41) is 10.4. The van der Waals surface area contributed by atoms with E-state index in [1.54, 1.807) is 11.1 Å². The summed E-state index contributed by atoms with van der Waals surface area (Å²) in [5.41, 5.74) is 4.16. The minimum absolute atomic E-state index is 0.114. The molecule has 2 N–H and O–H groups in total. The highest BCUT2D eigenvalue weighted by Gasteiger charge is 2.25. The van der Waals surface area contributed by atoms with Gasteiger partial charge in [0, 0.05) is 29.8 Å². The molecule has 7 nitrogen and oxygen atoms in total. The number of urea groups is 1. The normalized spacial score (nSPS) is 13.6. The number of aromatic nitrogens is 3. The molecule has 0 saturated heterocycles. The molecule has 122 valence electrons. The Bertz CT molecular complexity index is 826. The second-order valence-electron chi connectivity index (χ2n) is 5.69. The van der Waals surface area contributed by atoms with E-state index in [0.717, 1.165) is 28.9 Å². The van der Waals surface area contributed by atoms with E-state index < -0.39 is 0 Å². The third kappa shape index (κ3) is 2.76. The van der Waals surface area contributed by atoms with Crippen LogP contribution in [0, 0.1) is 0 Å². The molecule has 7 heteroatoms. The van der Waals surface area contributed by atoms with Gasteiger partial charge in [-0.25, -0.2) is 9.78 Å². The van der Waals surface area contributed by atoms with Crippen LogP contribution in [0.5, 0.6) is 0 Å². The fourth-order valence-corrected chi connectivity index (χ4v) is 2.91. The van der Waals surface area contributed by atoms with Crippen LogP contribution in [0.3, 0.4) is 0 Å². The summed E-state index contributed by atoms with van der Waals surface area (Å²) < 4.78 is 5.13. The number of fused-ring (bicyclic) bond motifs is 1. The Labute approximate surface area is 138 Å². The van der Waals surface area contributed by atoms with Gasteiger partial charge in [0.15, 0.2) is 6.39 Å². The van der Waals surface area contributed by atoms with E-state index in [9.17, 15) is 4.79 Å². The van der Waals surface area contributed by atoms with Crippen molar-refractivity contribution in [1.82, 2.24) is 25.4 Å². The molecule has 0 saturated carbocycles. The number of H-pyrrole nitrogens is 1. The molecule has 24 heavy (non-hydrogen) atoms. The highest BCUT2D eigenvalue weighted by atomic mass is 16.3. The molecule has 0 spiro atoms. The zero-order valence-electron chi connectivity index (χ0n) is 13.0. The highest BCUT2D eigenvalue weighted by molar-refractivity contribution is 5.75. The summed E-state index contributed by atoms with van der Waals surface area (Å²) in [6, 6.07) is 9.89. The van der Waals surface area contributed by atoms with Crippen LogP contribution in [-0.4, -0.2) is 32.7 Å². The van der Waals surface area contributed by atoms with E-state index in [1.807, 2.05) is 30.3 Å². The number of benzene rings is 1. The monoisotopic (exact) mass is 323 g/mol. The van der Waals surface area contributed by atoms with Crippen LogP contribution in [0.1, 0.15) is 17.0 Å².